The van der Waals surface area contributed by atoms with E-state index in [0.717, 1.165) is 12.8 Å². The summed E-state index contributed by atoms with van der Waals surface area (Å²) in [5.74, 6) is -37.8. The number of alkyl halides is 12. The Balaban J connectivity index is -0.000000140. The van der Waals surface area contributed by atoms with Crippen LogP contribution < -0.4 is 0 Å². The van der Waals surface area contributed by atoms with Crippen LogP contribution in [0.3, 0.4) is 0 Å². The first-order chi connectivity index (χ1) is 20.4. The first-order valence-corrected chi connectivity index (χ1v) is 13.7. The lowest BCUT2D eigenvalue weighted by atomic mass is 9.90. The van der Waals surface area contributed by atoms with Crippen LogP contribution in [0, 0.1) is 16.7 Å². The maximum Gasteiger partial charge on any atom is 0.384 e. The van der Waals surface area contributed by atoms with Gasteiger partial charge in [0.25, 0.3) is 0 Å². The predicted molar refractivity (Wildman–Crippen MR) is 167 cm³/mol. The SMILES string of the molecule is C.C.C.C.CCC(C)(C)C(=O)OCCC(F)(F)C(F)(F)C(F)(F)C(F)(F)C(F)(F)C(F)F.CCC(C)(C)C(=O)OCCO.CCC(C)C(=O)O. The first kappa shape index (κ1) is 62.6. The second kappa shape index (κ2) is 23.9. The highest BCUT2D eigenvalue weighted by molar-refractivity contribution is 5.76. The molecule has 0 bridgehead atoms. The fraction of sp³-hybridized carbons (Fsp3) is 0.903. The molecule has 0 aliphatic rings. The van der Waals surface area contributed by atoms with E-state index >= 15 is 0 Å². The van der Waals surface area contributed by atoms with Gasteiger partial charge in [-0.3, -0.25) is 14.4 Å². The fourth-order valence-electron chi connectivity index (χ4n) is 2.19. The molecule has 0 rings (SSSR count). The summed E-state index contributed by atoms with van der Waals surface area (Å²) in [7, 11) is 0. The van der Waals surface area contributed by atoms with E-state index in [1.807, 2.05) is 27.7 Å². The van der Waals surface area contributed by atoms with E-state index in [0.29, 0.717) is 0 Å². The number of rotatable bonds is 16. The van der Waals surface area contributed by atoms with Crippen molar-refractivity contribution in [1.82, 2.24) is 0 Å². The summed E-state index contributed by atoms with van der Waals surface area (Å²) in [6, 6.07) is 0. The van der Waals surface area contributed by atoms with Crippen LogP contribution in [0.25, 0.3) is 0 Å². The number of ether oxygens (including phenoxy) is 2. The summed E-state index contributed by atoms with van der Waals surface area (Å²) < 4.78 is 164. The van der Waals surface area contributed by atoms with E-state index in [1.54, 1.807) is 6.92 Å². The molecule has 0 spiro atoms. The molecule has 1 atom stereocenters. The number of hydrogen-bond acceptors (Lipinski definition) is 6. The highest BCUT2D eigenvalue weighted by Gasteiger charge is 2.87. The van der Waals surface area contributed by atoms with Crippen molar-refractivity contribution < 1.29 is 86.8 Å². The van der Waals surface area contributed by atoms with Gasteiger partial charge in [-0.25, -0.2) is 8.78 Å². The third kappa shape index (κ3) is 16.3. The first-order valence-electron chi connectivity index (χ1n) is 13.7. The van der Waals surface area contributed by atoms with E-state index in [4.69, 9.17) is 14.9 Å². The number of aliphatic carboxylic acids is 1. The van der Waals surface area contributed by atoms with E-state index in [9.17, 15) is 67.1 Å². The van der Waals surface area contributed by atoms with Crippen LogP contribution in [0.1, 0.15) is 111 Å². The van der Waals surface area contributed by atoms with Gasteiger partial charge in [-0.2, -0.15) is 43.9 Å². The van der Waals surface area contributed by atoms with Crippen molar-refractivity contribution in [3.63, 3.8) is 0 Å². The van der Waals surface area contributed by atoms with Crippen LogP contribution in [-0.4, -0.2) is 84.0 Å². The largest absolute Gasteiger partial charge is 0.481 e. The zero-order valence-corrected chi connectivity index (χ0v) is 26.6. The third-order valence-electron chi connectivity index (χ3n) is 6.82. The smallest absolute Gasteiger partial charge is 0.384 e. The zero-order chi connectivity index (χ0) is 37.8. The van der Waals surface area contributed by atoms with Gasteiger partial charge in [-0.05, 0) is 47.0 Å². The summed E-state index contributed by atoms with van der Waals surface area (Å²) in [5.41, 5.74) is -1.71. The van der Waals surface area contributed by atoms with Crippen molar-refractivity contribution >= 4 is 17.9 Å². The quantitative estimate of drug-likeness (QED) is 0.119. The number of esters is 2. The van der Waals surface area contributed by atoms with Crippen LogP contribution in [0.2, 0.25) is 0 Å². The lowest BCUT2D eigenvalue weighted by Crippen LogP contribution is -2.68. The summed E-state index contributed by atoms with van der Waals surface area (Å²) in [6.45, 7) is 11.4. The van der Waals surface area contributed by atoms with Crippen molar-refractivity contribution in [2.45, 2.75) is 147 Å². The number of hydrogen-bond donors (Lipinski definition) is 2. The number of carboxylic acids is 1. The molecule has 0 amide bonds. The van der Waals surface area contributed by atoms with Crippen LogP contribution >= 0.6 is 0 Å². The van der Waals surface area contributed by atoms with E-state index < -0.39 is 71.8 Å². The van der Waals surface area contributed by atoms with E-state index in [2.05, 4.69) is 4.74 Å². The maximum absolute atomic E-state index is 13.5. The van der Waals surface area contributed by atoms with Gasteiger partial charge in [0.2, 0.25) is 0 Å². The molecule has 7 nitrogen and oxygen atoms in total. The van der Waals surface area contributed by atoms with Gasteiger partial charge in [0.05, 0.1) is 36.4 Å². The molecular formula is C31H58F12O7. The minimum Gasteiger partial charge on any atom is -0.481 e. The number of carbonyl (C=O) groups is 3. The molecule has 0 aromatic rings. The third-order valence-corrected chi connectivity index (χ3v) is 6.82. The maximum atomic E-state index is 13.5. The number of aliphatic hydroxyl groups excluding tert-OH is 1. The molecule has 0 aliphatic heterocycles. The molecule has 2 N–H and O–H groups in total. The molecular weight excluding hydrogens is 712 g/mol. The standard InChI is InChI=1S/C14H16F12O2.C8H16O3.C5H10O2.4CH4/c1-4-9(2,3)8(27)28-6-5-10(17,18)12(21,22)14(25,26)13(23,24)11(19,20)7(15)16;1-4-8(2,3)7(10)11-6-5-9;1-3-4(2)5(6)7;;;;/h7H,4-6H2,1-3H3;9H,4-6H2,1-3H3;4H,3H2,1-2H3,(H,6,7);4*1H4. The van der Waals surface area contributed by atoms with Gasteiger partial charge in [-0.15, -0.1) is 0 Å². The molecule has 0 saturated carbocycles. The number of aliphatic hydroxyl groups is 1. The fourth-order valence-corrected chi connectivity index (χ4v) is 2.19. The Kier molecular flexibility index (Phi) is 29.9. The Morgan fingerprint density at radius 1 is 0.640 bits per heavy atom. The van der Waals surface area contributed by atoms with E-state index in [1.165, 1.54) is 20.8 Å². The van der Waals surface area contributed by atoms with Crippen molar-refractivity contribution in [3.05, 3.63) is 0 Å². The minimum absolute atomic E-state index is 0. The van der Waals surface area contributed by atoms with Gasteiger partial charge >= 0.3 is 53.9 Å². The Hall–Kier alpha value is -2.47. The average molecular weight is 771 g/mol. The predicted octanol–water partition coefficient (Wildman–Crippen LogP) is 10.4. The van der Waals surface area contributed by atoms with Crippen LogP contribution in [0.5, 0.6) is 0 Å². The Morgan fingerprint density at radius 3 is 1.22 bits per heavy atom. The van der Waals surface area contributed by atoms with Crippen molar-refractivity contribution in [1.29, 1.82) is 0 Å². The molecule has 0 heterocycles. The molecule has 0 saturated heterocycles. The normalized spacial score (nSPS) is 12.8. The van der Waals surface area contributed by atoms with Crippen LogP contribution in [0.15, 0.2) is 0 Å². The number of halogens is 12. The summed E-state index contributed by atoms with van der Waals surface area (Å²) in [5, 5.41) is 16.6. The summed E-state index contributed by atoms with van der Waals surface area (Å²) in [6.07, 6.45) is -6.45. The minimum atomic E-state index is -7.57. The lowest BCUT2D eigenvalue weighted by molar-refractivity contribution is -0.413. The van der Waals surface area contributed by atoms with Gasteiger partial charge in [0.1, 0.15) is 6.61 Å². The van der Waals surface area contributed by atoms with Crippen molar-refractivity contribution in [2.24, 2.45) is 16.7 Å². The number of carbonyl (C=O) groups excluding carboxylic acids is 2. The molecule has 50 heavy (non-hydrogen) atoms. The van der Waals surface area contributed by atoms with Gasteiger partial charge in [0.15, 0.2) is 0 Å². The monoisotopic (exact) mass is 770 g/mol. The molecule has 0 aliphatic carbocycles. The number of carboxylic acid groups (broad SMARTS) is 1. The second-order valence-electron chi connectivity index (χ2n) is 11.2. The molecule has 19 heteroatoms. The summed E-state index contributed by atoms with van der Waals surface area (Å²) >= 11 is 0. The molecule has 0 aromatic heterocycles. The lowest BCUT2D eigenvalue weighted by Gasteiger charge is -2.39. The highest BCUT2D eigenvalue weighted by Crippen LogP contribution is 2.58. The average Bonchev–Trinajstić information content (AvgIpc) is 2.94. The zero-order valence-electron chi connectivity index (χ0n) is 26.6. The van der Waals surface area contributed by atoms with E-state index in [-0.39, 0.29) is 61.2 Å². The molecule has 1 unspecified atom stereocenters. The van der Waals surface area contributed by atoms with Crippen molar-refractivity contribution in [3.8, 4) is 0 Å². The molecule has 0 fully saturated rings. The van der Waals surface area contributed by atoms with Crippen molar-refractivity contribution in [2.75, 3.05) is 19.8 Å². The Bertz CT molecular complexity index is 958. The second-order valence-corrected chi connectivity index (χ2v) is 11.2. The van der Waals surface area contributed by atoms with Gasteiger partial charge in [-0.1, -0.05) is 57.4 Å². The van der Waals surface area contributed by atoms with Crippen LogP contribution in [-0.2, 0) is 23.9 Å². The summed E-state index contributed by atoms with van der Waals surface area (Å²) in [4.78, 5) is 32.5. The molecule has 308 valence electrons. The Labute approximate surface area is 288 Å². The molecule has 0 radical (unpaired) electrons. The Morgan fingerprint density at radius 2 is 0.980 bits per heavy atom. The van der Waals surface area contributed by atoms with Gasteiger partial charge in [0, 0.05) is 0 Å². The van der Waals surface area contributed by atoms with Gasteiger partial charge < -0.3 is 19.7 Å². The topological polar surface area (TPSA) is 110 Å². The van der Waals surface area contributed by atoms with Crippen LogP contribution in [0.4, 0.5) is 52.7 Å². The molecule has 0 aromatic carbocycles. The highest BCUT2D eigenvalue weighted by atomic mass is 19.4.